The first-order valence-electron chi connectivity index (χ1n) is 6.40. The molecule has 0 aliphatic heterocycles. The fraction of sp³-hybridized carbons (Fsp3) is 0.429. The Labute approximate surface area is 122 Å². The molecule has 0 aliphatic rings. The van der Waals surface area contributed by atoms with E-state index in [0.29, 0.717) is 12.2 Å². The Bertz CT molecular complexity index is 461. The Balaban J connectivity index is 2.45. The number of amides is 2. The van der Waals surface area contributed by atoms with Gasteiger partial charge in [-0.2, -0.15) is 0 Å². The molecule has 0 spiro atoms. The molecule has 0 atom stereocenters. The number of benzene rings is 1. The van der Waals surface area contributed by atoms with Crippen LogP contribution in [0, 0.1) is 6.92 Å². The first-order chi connectivity index (χ1) is 9.04. The summed E-state index contributed by atoms with van der Waals surface area (Å²) in [6.45, 7) is 4.58. The maximum absolute atomic E-state index is 11.6. The van der Waals surface area contributed by atoms with Crippen molar-refractivity contribution in [3.05, 3.63) is 28.2 Å². The van der Waals surface area contributed by atoms with Gasteiger partial charge in [0.1, 0.15) is 0 Å². The van der Waals surface area contributed by atoms with Gasteiger partial charge < -0.3 is 10.6 Å². The first-order valence-corrected chi connectivity index (χ1v) is 7.19. The summed E-state index contributed by atoms with van der Waals surface area (Å²) in [5.41, 5.74) is 1.67. The molecule has 0 radical (unpaired) electrons. The second-order valence-corrected chi connectivity index (χ2v) is 5.24. The van der Waals surface area contributed by atoms with Crippen LogP contribution in [0.4, 0.5) is 5.69 Å². The molecule has 4 nitrogen and oxygen atoms in total. The Morgan fingerprint density at radius 2 is 1.95 bits per heavy atom. The zero-order valence-corrected chi connectivity index (χ0v) is 12.8. The third-order valence-corrected chi connectivity index (χ3v) is 3.56. The van der Waals surface area contributed by atoms with Crippen LogP contribution in [-0.4, -0.2) is 18.4 Å². The number of hydrogen-bond donors (Lipinski definition) is 2. The fourth-order valence-electron chi connectivity index (χ4n) is 1.52. The minimum Gasteiger partial charge on any atom is -0.348 e. The molecule has 0 unspecified atom stereocenters. The zero-order chi connectivity index (χ0) is 14.3. The standard InChI is InChI=1S/C14H19BrN2O2/c1-3-4-5-8-16-13(18)14(19)17-11-7-6-10(2)12(15)9-11/h6-7,9H,3-5,8H2,1-2H3,(H,16,18)(H,17,19). The molecule has 104 valence electrons. The van der Waals surface area contributed by atoms with E-state index < -0.39 is 11.8 Å². The number of unbranched alkanes of at least 4 members (excludes halogenated alkanes) is 2. The summed E-state index contributed by atoms with van der Waals surface area (Å²) in [5.74, 6) is -1.22. The van der Waals surface area contributed by atoms with Crippen LogP contribution in [0.2, 0.25) is 0 Å². The Morgan fingerprint density at radius 1 is 1.21 bits per heavy atom. The van der Waals surface area contributed by atoms with Crippen LogP contribution < -0.4 is 10.6 Å². The van der Waals surface area contributed by atoms with Gasteiger partial charge in [-0.3, -0.25) is 9.59 Å². The molecule has 1 rings (SSSR count). The molecule has 0 saturated carbocycles. The molecule has 5 heteroatoms. The first kappa shape index (κ1) is 15.7. The summed E-state index contributed by atoms with van der Waals surface area (Å²) >= 11 is 3.38. The highest BCUT2D eigenvalue weighted by atomic mass is 79.9. The molecule has 2 amide bonds. The number of carbonyl (C=O) groups excluding carboxylic acids is 2. The average Bonchev–Trinajstić information content (AvgIpc) is 2.38. The highest BCUT2D eigenvalue weighted by Crippen LogP contribution is 2.20. The van der Waals surface area contributed by atoms with Crippen molar-refractivity contribution in [2.45, 2.75) is 33.1 Å². The molecule has 0 fully saturated rings. The lowest BCUT2D eigenvalue weighted by molar-refractivity contribution is -0.136. The van der Waals surface area contributed by atoms with Crippen molar-refractivity contribution >= 4 is 33.4 Å². The van der Waals surface area contributed by atoms with Crippen molar-refractivity contribution < 1.29 is 9.59 Å². The maximum atomic E-state index is 11.6. The largest absolute Gasteiger partial charge is 0.348 e. The maximum Gasteiger partial charge on any atom is 0.313 e. The third-order valence-electron chi connectivity index (χ3n) is 2.70. The van der Waals surface area contributed by atoms with Gasteiger partial charge in [0.05, 0.1) is 0 Å². The number of halogens is 1. The number of nitrogens with one attached hydrogen (secondary N) is 2. The van der Waals surface area contributed by atoms with Crippen LogP contribution in [0.1, 0.15) is 31.7 Å². The fourth-order valence-corrected chi connectivity index (χ4v) is 1.89. The topological polar surface area (TPSA) is 58.2 Å². The van der Waals surface area contributed by atoms with E-state index >= 15 is 0 Å². The van der Waals surface area contributed by atoms with Crippen LogP contribution in [0.3, 0.4) is 0 Å². The van der Waals surface area contributed by atoms with Gasteiger partial charge in [0.25, 0.3) is 0 Å². The average molecular weight is 327 g/mol. The summed E-state index contributed by atoms with van der Waals surface area (Å²) in [6.07, 6.45) is 3.03. The molecule has 19 heavy (non-hydrogen) atoms. The SMILES string of the molecule is CCCCCNC(=O)C(=O)Nc1ccc(C)c(Br)c1. The van der Waals surface area contributed by atoms with Crippen molar-refractivity contribution in [3.8, 4) is 0 Å². The summed E-state index contributed by atoms with van der Waals surface area (Å²) in [5, 5.41) is 5.17. The van der Waals surface area contributed by atoms with E-state index in [0.717, 1.165) is 29.3 Å². The van der Waals surface area contributed by atoms with Gasteiger partial charge in [-0.05, 0) is 31.0 Å². The van der Waals surface area contributed by atoms with Crippen molar-refractivity contribution in [2.24, 2.45) is 0 Å². The van der Waals surface area contributed by atoms with Gasteiger partial charge >= 0.3 is 11.8 Å². The molecule has 0 saturated heterocycles. The number of carbonyl (C=O) groups is 2. The highest BCUT2D eigenvalue weighted by molar-refractivity contribution is 9.10. The van der Waals surface area contributed by atoms with E-state index in [9.17, 15) is 9.59 Å². The van der Waals surface area contributed by atoms with Crippen molar-refractivity contribution in [1.29, 1.82) is 0 Å². The van der Waals surface area contributed by atoms with Crippen molar-refractivity contribution in [1.82, 2.24) is 5.32 Å². The summed E-state index contributed by atoms with van der Waals surface area (Å²) < 4.78 is 0.897. The lowest BCUT2D eigenvalue weighted by Gasteiger charge is -2.07. The van der Waals surface area contributed by atoms with Crippen LogP contribution >= 0.6 is 15.9 Å². The van der Waals surface area contributed by atoms with Crippen LogP contribution in [0.5, 0.6) is 0 Å². The monoisotopic (exact) mass is 326 g/mol. The summed E-state index contributed by atoms with van der Waals surface area (Å²) in [6, 6.07) is 5.42. The molecule has 1 aromatic rings. The molecule has 0 heterocycles. The number of rotatable bonds is 5. The lowest BCUT2D eigenvalue weighted by Crippen LogP contribution is -2.35. The van der Waals surface area contributed by atoms with Gasteiger partial charge in [-0.25, -0.2) is 0 Å². The minimum atomic E-state index is -0.632. The van der Waals surface area contributed by atoms with E-state index in [1.165, 1.54) is 0 Å². The predicted molar refractivity (Wildman–Crippen MR) is 80.0 cm³/mol. The van der Waals surface area contributed by atoms with Crippen LogP contribution in [0.25, 0.3) is 0 Å². The normalized spacial score (nSPS) is 10.1. The molecule has 0 aliphatic carbocycles. The molecule has 0 bridgehead atoms. The van der Waals surface area contributed by atoms with Gasteiger partial charge in [0.2, 0.25) is 0 Å². The van der Waals surface area contributed by atoms with E-state index in [2.05, 4.69) is 33.5 Å². The minimum absolute atomic E-state index is 0.539. The Kier molecular flexibility index (Phi) is 6.56. The second kappa shape index (κ2) is 7.94. The molecule has 2 N–H and O–H groups in total. The Morgan fingerprint density at radius 3 is 2.58 bits per heavy atom. The lowest BCUT2D eigenvalue weighted by atomic mass is 10.2. The predicted octanol–water partition coefficient (Wildman–Crippen LogP) is 3.00. The van der Waals surface area contributed by atoms with Gasteiger partial charge in [0, 0.05) is 16.7 Å². The smallest absolute Gasteiger partial charge is 0.313 e. The van der Waals surface area contributed by atoms with Gasteiger partial charge in [0.15, 0.2) is 0 Å². The second-order valence-electron chi connectivity index (χ2n) is 4.38. The number of anilines is 1. The van der Waals surface area contributed by atoms with Gasteiger partial charge in [-0.15, -0.1) is 0 Å². The molecule has 1 aromatic carbocycles. The Hall–Kier alpha value is -1.36. The quantitative estimate of drug-likeness (QED) is 0.645. The van der Waals surface area contributed by atoms with E-state index in [1.54, 1.807) is 12.1 Å². The van der Waals surface area contributed by atoms with Gasteiger partial charge in [-0.1, -0.05) is 41.8 Å². The summed E-state index contributed by atoms with van der Waals surface area (Å²) in [4.78, 5) is 23.2. The zero-order valence-electron chi connectivity index (χ0n) is 11.3. The number of hydrogen-bond acceptors (Lipinski definition) is 2. The van der Waals surface area contributed by atoms with E-state index in [1.807, 2.05) is 13.0 Å². The van der Waals surface area contributed by atoms with E-state index in [4.69, 9.17) is 0 Å². The molecular weight excluding hydrogens is 308 g/mol. The molecular formula is C14H19BrN2O2. The molecule has 0 aromatic heterocycles. The summed E-state index contributed by atoms with van der Waals surface area (Å²) in [7, 11) is 0. The van der Waals surface area contributed by atoms with Crippen molar-refractivity contribution in [2.75, 3.05) is 11.9 Å². The third kappa shape index (κ3) is 5.42. The van der Waals surface area contributed by atoms with Crippen LogP contribution in [0.15, 0.2) is 22.7 Å². The van der Waals surface area contributed by atoms with Crippen LogP contribution in [-0.2, 0) is 9.59 Å². The van der Waals surface area contributed by atoms with E-state index in [-0.39, 0.29) is 0 Å². The highest BCUT2D eigenvalue weighted by Gasteiger charge is 2.13. The van der Waals surface area contributed by atoms with Crippen molar-refractivity contribution in [3.63, 3.8) is 0 Å². The number of aryl methyl sites for hydroxylation is 1.